The molecular weight excluding hydrogens is 556 g/mol. The lowest BCUT2D eigenvalue weighted by Crippen LogP contribution is -2.19. The van der Waals surface area contributed by atoms with Crippen LogP contribution in [0.2, 0.25) is 0 Å². The van der Waals surface area contributed by atoms with Crippen LogP contribution in [-0.4, -0.2) is 41.1 Å². The Hall–Kier alpha value is -4.07. The lowest BCUT2D eigenvalue weighted by Gasteiger charge is -2.12. The predicted octanol–water partition coefficient (Wildman–Crippen LogP) is 8.32. The number of carbonyl (C=O) groups excluding carboxylic acids is 3. The summed E-state index contributed by atoms with van der Waals surface area (Å²) in [4.78, 5) is 44.8. The first-order chi connectivity index (χ1) is 21.4. The highest BCUT2D eigenvalue weighted by atomic mass is 16.6. The Morgan fingerprint density at radius 1 is 0.727 bits per heavy atom. The molecule has 8 nitrogen and oxygen atoms in total. The monoisotopic (exact) mass is 602 g/mol. The van der Waals surface area contributed by atoms with Crippen molar-refractivity contribution in [1.82, 2.24) is 9.97 Å². The Kier molecular flexibility index (Phi) is 15.1. The van der Waals surface area contributed by atoms with Gasteiger partial charge >= 0.3 is 17.9 Å². The molecule has 44 heavy (non-hydrogen) atoms. The molecule has 8 heteroatoms. The molecule has 0 saturated heterocycles. The van der Waals surface area contributed by atoms with E-state index in [9.17, 15) is 14.4 Å². The van der Waals surface area contributed by atoms with E-state index in [0.29, 0.717) is 5.69 Å². The molecule has 0 aliphatic carbocycles. The van der Waals surface area contributed by atoms with Crippen LogP contribution in [0.15, 0.2) is 60.9 Å². The average molecular weight is 603 g/mol. The molecular formula is C36H46N2O6. The van der Waals surface area contributed by atoms with Crippen molar-refractivity contribution in [2.24, 2.45) is 0 Å². The van der Waals surface area contributed by atoms with Crippen LogP contribution in [0.5, 0.6) is 5.75 Å². The Bertz CT molecular complexity index is 1290. The summed E-state index contributed by atoms with van der Waals surface area (Å²) in [6, 6.07) is 14.3. The molecule has 0 aliphatic rings. The zero-order chi connectivity index (χ0) is 31.6. The molecule has 0 N–H and O–H groups in total. The van der Waals surface area contributed by atoms with Crippen LogP contribution in [0, 0.1) is 0 Å². The van der Waals surface area contributed by atoms with E-state index in [4.69, 9.17) is 9.47 Å². The first-order valence-electron chi connectivity index (χ1n) is 15.9. The molecule has 0 fully saturated rings. The number of hydrogen-bond acceptors (Lipinski definition) is 8. The van der Waals surface area contributed by atoms with Crippen LogP contribution >= 0.6 is 0 Å². The molecule has 1 atom stereocenters. The number of unbranched alkanes of at least 4 members (excludes halogenated alkanes) is 10. The third-order valence-electron chi connectivity index (χ3n) is 7.47. The summed E-state index contributed by atoms with van der Waals surface area (Å²) in [5.74, 6) is -1.48. The maximum absolute atomic E-state index is 12.6. The van der Waals surface area contributed by atoms with E-state index in [2.05, 4.69) is 33.8 Å². The minimum Gasteiger partial charge on any atom is -0.469 e. The quantitative estimate of drug-likeness (QED) is 0.0766. The normalized spacial score (nSPS) is 11.5. The van der Waals surface area contributed by atoms with E-state index >= 15 is 0 Å². The third kappa shape index (κ3) is 12.3. The predicted molar refractivity (Wildman–Crippen MR) is 171 cm³/mol. The van der Waals surface area contributed by atoms with Gasteiger partial charge in [-0.05, 0) is 49.6 Å². The number of nitrogens with zero attached hydrogens (tertiary/aromatic N) is 2. The van der Waals surface area contributed by atoms with Gasteiger partial charge in [0.1, 0.15) is 11.9 Å². The zero-order valence-electron chi connectivity index (χ0n) is 26.4. The third-order valence-corrected chi connectivity index (χ3v) is 7.47. The van der Waals surface area contributed by atoms with Crippen molar-refractivity contribution in [1.29, 1.82) is 0 Å². The summed E-state index contributed by atoms with van der Waals surface area (Å²) in [5, 5.41) is 0. The minimum absolute atomic E-state index is 0.0391. The van der Waals surface area contributed by atoms with Crippen LogP contribution in [0.4, 0.5) is 0 Å². The highest BCUT2D eigenvalue weighted by Crippen LogP contribution is 2.20. The molecule has 0 radical (unpaired) electrons. The molecule has 0 saturated carbocycles. The summed E-state index contributed by atoms with van der Waals surface area (Å²) in [6.07, 6.45) is 18.1. The summed E-state index contributed by atoms with van der Waals surface area (Å²) >= 11 is 0. The van der Waals surface area contributed by atoms with E-state index in [1.54, 1.807) is 13.1 Å². The molecule has 1 aromatic heterocycles. The van der Waals surface area contributed by atoms with Gasteiger partial charge in [-0.1, -0.05) is 95.4 Å². The van der Waals surface area contributed by atoms with Gasteiger partial charge in [0, 0.05) is 5.56 Å². The largest absolute Gasteiger partial charge is 0.469 e. The minimum atomic E-state index is -0.659. The number of rotatable bonds is 19. The van der Waals surface area contributed by atoms with E-state index in [1.807, 2.05) is 12.1 Å². The molecule has 2 aromatic carbocycles. The van der Waals surface area contributed by atoms with Crippen LogP contribution in [0.25, 0.3) is 11.3 Å². The fourth-order valence-electron chi connectivity index (χ4n) is 4.85. The highest BCUT2D eigenvalue weighted by Gasteiger charge is 2.17. The highest BCUT2D eigenvalue weighted by molar-refractivity contribution is 5.91. The smallest absolute Gasteiger partial charge is 0.363 e. The molecule has 0 spiro atoms. The van der Waals surface area contributed by atoms with Crippen LogP contribution in [0.1, 0.15) is 117 Å². The second-order valence-electron chi connectivity index (χ2n) is 11.2. The Morgan fingerprint density at radius 3 is 1.91 bits per heavy atom. The van der Waals surface area contributed by atoms with Crippen LogP contribution < -0.4 is 4.74 Å². The van der Waals surface area contributed by atoms with Crippen LogP contribution in [0.3, 0.4) is 0 Å². The van der Waals surface area contributed by atoms with Crippen molar-refractivity contribution in [2.75, 3.05) is 7.11 Å². The molecule has 3 rings (SSSR count). The lowest BCUT2D eigenvalue weighted by molar-refractivity contribution is -0.142. The van der Waals surface area contributed by atoms with Gasteiger partial charge in [0.2, 0.25) is 0 Å². The second kappa shape index (κ2) is 19.3. The van der Waals surface area contributed by atoms with E-state index in [1.165, 1.54) is 114 Å². The molecule has 236 valence electrons. The average Bonchev–Trinajstić information content (AvgIpc) is 3.04. The molecule has 0 bridgehead atoms. The van der Waals surface area contributed by atoms with Gasteiger partial charge in [-0.3, -0.25) is 9.78 Å². The fraction of sp³-hybridized carbons (Fsp3) is 0.472. The summed E-state index contributed by atoms with van der Waals surface area (Å²) < 4.78 is 15.2. The van der Waals surface area contributed by atoms with Gasteiger partial charge in [0.15, 0.2) is 5.69 Å². The van der Waals surface area contributed by atoms with Gasteiger partial charge in [-0.25, -0.2) is 14.6 Å². The van der Waals surface area contributed by atoms with E-state index < -0.39 is 24.0 Å². The van der Waals surface area contributed by atoms with Crippen molar-refractivity contribution in [3.8, 4) is 17.0 Å². The number of carbonyl (C=O) groups is 3. The first kappa shape index (κ1) is 34.4. The van der Waals surface area contributed by atoms with Crippen molar-refractivity contribution in [3.05, 3.63) is 77.7 Å². The van der Waals surface area contributed by atoms with Crippen molar-refractivity contribution in [3.63, 3.8) is 0 Å². The van der Waals surface area contributed by atoms with Gasteiger partial charge in [0.05, 0.1) is 37.2 Å². The first-order valence-corrected chi connectivity index (χ1v) is 15.9. The number of hydrogen-bond donors (Lipinski definition) is 0. The SMILES string of the molecule is CCCCCCCCCCCCCc1ccc(-c2cnc(C(=O)Oc3ccc(C(=O)O[C@H](C)CC(=O)OC)cc3)cn2)cc1. The maximum Gasteiger partial charge on any atom is 0.363 e. The van der Waals surface area contributed by atoms with Crippen LogP contribution in [-0.2, 0) is 20.7 Å². The van der Waals surface area contributed by atoms with Gasteiger partial charge < -0.3 is 14.2 Å². The number of esters is 3. The number of ether oxygens (including phenoxy) is 3. The van der Waals surface area contributed by atoms with E-state index in [0.717, 1.165) is 12.0 Å². The van der Waals surface area contributed by atoms with E-state index in [-0.39, 0.29) is 23.4 Å². The summed E-state index contributed by atoms with van der Waals surface area (Å²) in [5.41, 5.74) is 3.25. The molecule has 0 unspecified atom stereocenters. The van der Waals surface area contributed by atoms with Gasteiger partial charge in [0.25, 0.3) is 0 Å². The second-order valence-corrected chi connectivity index (χ2v) is 11.2. The van der Waals surface area contributed by atoms with Gasteiger partial charge in [-0.15, -0.1) is 0 Å². The summed E-state index contributed by atoms with van der Waals surface area (Å²) in [6.45, 7) is 3.87. The zero-order valence-corrected chi connectivity index (χ0v) is 26.4. The Labute approximate surface area is 261 Å². The molecule has 0 aliphatic heterocycles. The number of benzene rings is 2. The lowest BCUT2D eigenvalue weighted by atomic mass is 10.0. The van der Waals surface area contributed by atoms with Crippen molar-refractivity contribution in [2.45, 2.75) is 103 Å². The topological polar surface area (TPSA) is 105 Å². The number of aromatic nitrogens is 2. The molecule has 3 aromatic rings. The fourth-order valence-corrected chi connectivity index (χ4v) is 4.85. The maximum atomic E-state index is 12.6. The molecule has 0 amide bonds. The Balaban J connectivity index is 1.39. The summed E-state index contributed by atoms with van der Waals surface area (Å²) in [7, 11) is 1.27. The number of methoxy groups -OCH3 is 1. The van der Waals surface area contributed by atoms with Gasteiger partial charge in [-0.2, -0.15) is 0 Å². The Morgan fingerprint density at radius 2 is 1.34 bits per heavy atom. The number of aryl methyl sites for hydroxylation is 1. The standard InChI is InChI=1S/C36H46N2O6/c1-4-5-6-7-8-9-10-11-12-13-14-15-28-16-18-29(19-17-28)32-25-38-33(26-37-32)36(41)44-31-22-20-30(21-23-31)35(40)43-27(2)24-34(39)42-3/h16-23,25-27H,4-15,24H2,1-3H3/t27-/m1/s1. The van der Waals surface area contributed by atoms with Crippen molar-refractivity contribution >= 4 is 17.9 Å². The molecule has 1 heterocycles. The van der Waals surface area contributed by atoms with Crippen molar-refractivity contribution < 1.29 is 28.6 Å².